The highest BCUT2D eigenvalue weighted by Crippen LogP contribution is 2.17. The molecule has 0 radical (unpaired) electrons. The van der Waals surface area contributed by atoms with E-state index in [1.54, 1.807) is 11.3 Å². The molecule has 4 heterocycles. The van der Waals surface area contributed by atoms with Crippen LogP contribution in [0.15, 0.2) is 10.4 Å². The Morgan fingerprint density at radius 1 is 1.33 bits per heavy atom. The number of piperazine rings is 3. The van der Waals surface area contributed by atoms with E-state index in [4.69, 9.17) is 0 Å². The lowest BCUT2D eigenvalue weighted by molar-refractivity contribution is 0.0154. The molecule has 136 valence electrons. The maximum atomic E-state index is 4.58. The number of nitrogens with zero attached hydrogens (tertiary/aromatic N) is 5. The lowest BCUT2D eigenvalue weighted by Crippen LogP contribution is -2.63. The van der Waals surface area contributed by atoms with E-state index in [0.29, 0.717) is 12.6 Å². The maximum absolute atomic E-state index is 4.58. The first-order chi connectivity index (χ1) is 11.2. The van der Waals surface area contributed by atoms with Gasteiger partial charge < -0.3 is 15.5 Å². The zero-order valence-electron chi connectivity index (χ0n) is 14.7. The molecule has 0 amide bonds. The highest BCUT2D eigenvalue weighted by Gasteiger charge is 2.31. The number of aromatic nitrogens is 1. The summed E-state index contributed by atoms with van der Waals surface area (Å²) in [6.07, 6.45) is 0. The van der Waals surface area contributed by atoms with Gasteiger partial charge in [-0.2, -0.15) is 0 Å². The molecule has 0 aromatic carbocycles. The van der Waals surface area contributed by atoms with E-state index in [-0.39, 0.29) is 24.0 Å². The third-order valence-electron chi connectivity index (χ3n) is 4.48. The van der Waals surface area contributed by atoms with E-state index in [1.807, 2.05) is 26.0 Å². The Bertz CT molecular complexity index is 540. The van der Waals surface area contributed by atoms with Crippen LogP contribution < -0.4 is 15.5 Å². The number of nitrogens with one attached hydrogen (secondary N) is 2. The van der Waals surface area contributed by atoms with Crippen molar-refractivity contribution < 1.29 is 0 Å². The van der Waals surface area contributed by atoms with E-state index in [9.17, 15) is 0 Å². The van der Waals surface area contributed by atoms with E-state index < -0.39 is 0 Å². The van der Waals surface area contributed by atoms with E-state index in [1.165, 1.54) is 32.7 Å². The normalized spacial score (nSPS) is 26.0. The summed E-state index contributed by atoms with van der Waals surface area (Å²) in [6, 6.07) is 0.593. The van der Waals surface area contributed by atoms with Crippen LogP contribution in [0.3, 0.4) is 0 Å². The maximum Gasteiger partial charge on any atom is 0.191 e. The van der Waals surface area contributed by atoms with Crippen LogP contribution in [0.5, 0.6) is 0 Å². The molecule has 24 heavy (non-hydrogen) atoms. The molecule has 2 N–H and O–H groups in total. The van der Waals surface area contributed by atoms with Crippen molar-refractivity contribution in [3.05, 3.63) is 11.1 Å². The SMILES string of the molecule is CN=C(NCc1csc(N(C)C)n1)NCC1CN2CCN1CC2.I. The summed E-state index contributed by atoms with van der Waals surface area (Å²) in [4.78, 5) is 16.1. The molecule has 1 atom stereocenters. The van der Waals surface area contributed by atoms with Crippen molar-refractivity contribution in [1.82, 2.24) is 25.4 Å². The molecular formula is C15H28IN7S. The first kappa shape index (κ1) is 19.7. The Morgan fingerprint density at radius 3 is 2.62 bits per heavy atom. The van der Waals surface area contributed by atoms with Gasteiger partial charge >= 0.3 is 0 Å². The molecule has 1 aromatic heterocycles. The summed E-state index contributed by atoms with van der Waals surface area (Å²) in [5.41, 5.74) is 1.05. The Morgan fingerprint density at radius 2 is 2.08 bits per heavy atom. The molecule has 3 fully saturated rings. The Hall–Kier alpha value is -0.650. The summed E-state index contributed by atoms with van der Waals surface area (Å²) >= 11 is 1.66. The smallest absolute Gasteiger partial charge is 0.191 e. The van der Waals surface area contributed by atoms with E-state index >= 15 is 0 Å². The monoisotopic (exact) mass is 465 g/mol. The van der Waals surface area contributed by atoms with Crippen molar-refractivity contribution in [3.8, 4) is 0 Å². The van der Waals surface area contributed by atoms with Gasteiger partial charge in [0.15, 0.2) is 11.1 Å². The number of hydrogen-bond donors (Lipinski definition) is 2. The van der Waals surface area contributed by atoms with Gasteiger partial charge in [-0.25, -0.2) is 4.98 Å². The van der Waals surface area contributed by atoms with Gasteiger partial charge in [-0.3, -0.25) is 14.8 Å². The van der Waals surface area contributed by atoms with Gasteiger partial charge in [0.1, 0.15) is 0 Å². The van der Waals surface area contributed by atoms with Gasteiger partial charge in [-0.15, -0.1) is 35.3 Å². The first-order valence-electron chi connectivity index (χ1n) is 8.18. The minimum Gasteiger partial charge on any atom is -0.355 e. The molecule has 0 aliphatic carbocycles. The molecular weight excluding hydrogens is 437 g/mol. The quantitative estimate of drug-likeness (QED) is 0.375. The number of aliphatic imine (C=N–C) groups is 1. The standard InChI is InChI=1S/C15H27N7S.HI/c1-16-14(17-8-12-11-23-15(19-12)20(2)3)18-9-13-10-21-4-6-22(13)7-5-21;/h11,13H,4-10H2,1-3H3,(H2,16,17,18);1H. The Kier molecular flexibility index (Phi) is 7.51. The van der Waals surface area contributed by atoms with Crippen LogP contribution in [0.4, 0.5) is 5.13 Å². The number of rotatable bonds is 5. The zero-order chi connectivity index (χ0) is 16.2. The van der Waals surface area contributed by atoms with Gasteiger partial charge in [0.25, 0.3) is 0 Å². The second-order valence-corrected chi connectivity index (χ2v) is 7.15. The molecule has 0 spiro atoms. The van der Waals surface area contributed by atoms with Crippen LogP contribution in [0.2, 0.25) is 0 Å². The second-order valence-electron chi connectivity index (χ2n) is 6.31. The van der Waals surface area contributed by atoms with Crippen LogP contribution >= 0.6 is 35.3 Å². The fraction of sp³-hybridized carbons (Fsp3) is 0.733. The minimum atomic E-state index is 0. The third-order valence-corrected chi connectivity index (χ3v) is 5.54. The highest BCUT2D eigenvalue weighted by molar-refractivity contribution is 14.0. The number of halogens is 1. The largest absolute Gasteiger partial charge is 0.355 e. The molecule has 2 bridgehead atoms. The summed E-state index contributed by atoms with van der Waals surface area (Å²) in [7, 11) is 5.85. The van der Waals surface area contributed by atoms with Crippen LogP contribution in [0.25, 0.3) is 0 Å². The summed E-state index contributed by atoms with van der Waals surface area (Å²) in [5.74, 6) is 0.849. The molecule has 4 rings (SSSR count). The molecule has 3 aliphatic heterocycles. The molecule has 1 aromatic rings. The van der Waals surface area contributed by atoms with Crippen molar-refractivity contribution >= 4 is 46.4 Å². The highest BCUT2D eigenvalue weighted by atomic mass is 127. The van der Waals surface area contributed by atoms with Gasteiger partial charge in [0.05, 0.1) is 12.2 Å². The Labute approximate surface area is 165 Å². The van der Waals surface area contributed by atoms with Crippen LogP contribution in [0, 0.1) is 0 Å². The summed E-state index contributed by atoms with van der Waals surface area (Å²) in [6.45, 7) is 7.65. The predicted molar refractivity (Wildman–Crippen MR) is 112 cm³/mol. The number of hydrogen-bond acceptors (Lipinski definition) is 6. The third kappa shape index (κ3) is 4.93. The van der Waals surface area contributed by atoms with Crippen molar-refractivity contribution in [3.63, 3.8) is 0 Å². The van der Waals surface area contributed by atoms with Gasteiger partial charge in [0, 0.05) is 71.8 Å². The molecule has 3 saturated heterocycles. The lowest BCUT2D eigenvalue weighted by Gasteiger charge is -2.47. The number of fused-ring (bicyclic) bond motifs is 3. The number of thiazole rings is 1. The second kappa shape index (κ2) is 9.16. The topological polar surface area (TPSA) is 59.0 Å². The van der Waals surface area contributed by atoms with E-state index in [2.05, 4.69) is 35.8 Å². The summed E-state index contributed by atoms with van der Waals surface area (Å²) in [5, 5.41) is 9.94. The zero-order valence-corrected chi connectivity index (χ0v) is 17.8. The summed E-state index contributed by atoms with van der Waals surface area (Å²) < 4.78 is 0. The van der Waals surface area contributed by atoms with Gasteiger partial charge in [-0.1, -0.05) is 0 Å². The van der Waals surface area contributed by atoms with Crippen LogP contribution in [0.1, 0.15) is 5.69 Å². The fourth-order valence-corrected chi connectivity index (χ4v) is 3.87. The van der Waals surface area contributed by atoms with E-state index in [0.717, 1.165) is 23.3 Å². The van der Waals surface area contributed by atoms with Crippen molar-refractivity contribution in [1.29, 1.82) is 0 Å². The first-order valence-corrected chi connectivity index (χ1v) is 9.06. The fourth-order valence-electron chi connectivity index (χ4n) is 3.11. The average Bonchev–Trinajstić information content (AvgIpc) is 3.05. The number of guanidine groups is 1. The number of anilines is 1. The average molecular weight is 465 g/mol. The molecule has 9 heteroatoms. The van der Waals surface area contributed by atoms with Gasteiger partial charge in [0.2, 0.25) is 0 Å². The minimum absolute atomic E-state index is 0. The lowest BCUT2D eigenvalue weighted by atomic mass is 10.1. The molecule has 0 saturated carbocycles. The van der Waals surface area contributed by atoms with Crippen molar-refractivity contribution in [2.75, 3.05) is 65.3 Å². The molecule has 1 unspecified atom stereocenters. The molecule has 7 nitrogen and oxygen atoms in total. The van der Waals surface area contributed by atoms with Crippen molar-refractivity contribution in [2.24, 2.45) is 4.99 Å². The van der Waals surface area contributed by atoms with Gasteiger partial charge in [-0.05, 0) is 0 Å². The van der Waals surface area contributed by atoms with Crippen LogP contribution in [-0.4, -0.2) is 87.2 Å². The van der Waals surface area contributed by atoms with Crippen molar-refractivity contribution in [2.45, 2.75) is 12.6 Å². The Balaban J connectivity index is 0.00000208. The molecule has 3 aliphatic rings. The predicted octanol–water partition coefficient (Wildman–Crippen LogP) is 0.492. The van der Waals surface area contributed by atoms with Crippen LogP contribution in [-0.2, 0) is 6.54 Å².